The fourth-order valence-corrected chi connectivity index (χ4v) is 6.32. The van der Waals surface area contributed by atoms with Crippen molar-refractivity contribution in [1.29, 1.82) is 5.41 Å². The van der Waals surface area contributed by atoms with Crippen LogP contribution in [0, 0.1) is 11.3 Å². The first-order valence-electron chi connectivity index (χ1n) is 11.6. The third-order valence-corrected chi connectivity index (χ3v) is 8.67. The van der Waals surface area contributed by atoms with Crippen LogP contribution in [-0.2, 0) is 16.4 Å². The molecular weight excluding hydrogens is 494 g/mol. The molecule has 3 aromatic carbocycles. The topological polar surface area (TPSA) is 130 Å². The van der Waals surface area contributed by atoms with Gasteiger partial charge in [0, 0.05) is 24.6 Å². The van der Waals surface area contributed by atoms with Gasteiger partial charge in [-0.05, 0) is 48.4 Å². The van der Waals surface area contributed by atoms with Gasteiger partial charge >= 0.3 is 0 Å². The van der Waals surface area contributed by atoms with E-state index in [4.69, 9.17) is 20.9 Å². The van der Waals surface area contributed by atoms with E-state index in [9.17, 15) is 8.42 Å². The van der Waals surface area contributed by atoms with Crippen LogP contribution in [0.4, 0.5) is 0 Å². The number of nitrogen functional groups attached to an aromatic ring is 1. The molecule has 5 rings (SSSR count). The van der Waals surface area contributed by atoms with Gasteiger partial charge in [-0.25, -0.2) is 18.1 Å². The molecule has 0 saturated carbocycles. The van der Waals surface area contributed by atoms with Crippen molar-refractivity contribution in [1.82, 2.24) is 15.0 Å². The number of fused-ring (bicyclic) bond motifs is 1. The summed E-state index contributed by atoms with van der Waals surface area (Å²) in [6, 6.07) is 20.7. The summed E-state index contributed by atoms with van der Waals surface area (Å²) in [6.45, 7) is 2.61. The Bertz CT molecular complexity index is 1480. The zero-order valence-electron chi connectivity index (χ0n) is 19.5. The molecule has 1 atom stereocenters. The van der Waals surface area contributed by atoms with Crippen LogP contribution in [0.1, 0.15) is 22.2 Å². The van der Waals surface area contributed by atoms with Crippen LogP contribution in [0.25, 0.3) is 10.2 Å². The van der Waals surface area contributed by atoms with E-state index in [2.05, 4.69) is 10.0 Å². The Hall–Kier alpha value is -3.31. The molecule has 0 spiro atoms. The largest absolute Gasteiger partial charge is 0.493 e. The minimum Gasteiger partial charge on any atom is -0.493 e. The van der Waals surface area contributed by atoms with Gasteiger partial charge in [-0.1, -0.05) is 36.4 Å². The van der Waals surface area contributed by atoms with E-state index in [1.165, 1.54) is 11.3 Å². The van der Waals surface area contributed by atoms with Crippen molar-refractivity contribution >= 4 is 37.4 Å². The number of thiazole rings is 1. The number of benzene rings is 3. The van der Waals surface area contributed by atoms with Gasteiger partial charge in [0.15, 0.2) is 0 Å². The standard InChI is InChI=1S/C26H27N5O3S2/c27-25(28)19-6-4-5-17(11-19)12-23(31-36(32,33)21-7-2-1-3-8-21)26-30-22-10-9-20(13-24(22)35-26)34-16-18-14-29-15-18/h1-11,13,18,23,29,31H,12,14-16H2,(H3,27,28). The van der Waals surface area contributed by atoms with Crippen LogP contribution in [0.2, 0.25) is 0 Å². The van der Waals surface area contributed by atoms with Crippen LogP contribution >= 0.6 is 11.3 Å². The zero-order chi connectivity index (χ0) is 25.1. The Labute approximate surface area is 214 Å². The van der Waals surface area contributed by atoms with Gasteiger partial charge in [-0.3, -0.25) is 5.41 Å². The van der Waals surface area contributed by atoms with Crippen molar-refractivity contribution in [2.75, 3.05) is 19.7 Å². The van der Waals surface area contributed by atoms with Gasteiger partial charge in [-0.2, -0.15) is 0 Å². The van der Waals surface area contributed by atoms with E-state index < -0.39 is 16.1 Å². The first kappa shape index (κ1) is 24.4. The van der Waals surface area contributed by atoms with E-state index in [-0.39, 0.29) is 10.7 Å². The van der Waals surface area contributed by atoms with E-state index in [0.29, 0.717) is 29.5 Å². The van der Waals surface area contributed by atoms with Crippen LogP contribution in [0.15, 0.2) is 77.7 Å². The maximum absolute atomic E-state index is 13.2. The Morgan fingerprint density at radius 3 is 2.67 bits per heavy atom. The monoisotopic (exact) mass is 521 g/mol. The molecule has 8 nitrogen and oxygen atoms in total. The smallest absolute Gasteiger partial charge is 0.241 e. The Morgan fingerprint density at radius 1 is 1.14 bits per heavy atom. The highest BCUT2D eigenvalue weighted by atomic mass is 32.2. The lowest BCUT2D eigenvalue weighted by Gasteiger charge is -2.26. The van der Waals surface area contributed by atoms with Crippen LogP contribution in [-0.4, -0.2) is 38.9 Å². The molecule has 1 unspecified atom stereocenters. The highest BCUT2D eigenvalue weighted by molar-refractivity contribution is 7.89. The lowest BCUT2D eigenvalue weighted by Crippen LogP contribution is -2.45. The summed E-state index contributed by atoms with van der Waals surface area (Å²) in [7, 11) is -3.80. The number of sulfonamides is 1. The molecule has 0 amide bonds. The average Bonchev–Trinajstić information content (AvgIpc) is 3.27. The molecule has 1 fully saturated rings. The number of nitrogens with zero attached hydrogens (tertiary/aromatic N) is 1. The fraction of sp³-hybridized carbons (Fsp3) is 0.231. The second-order valence-corrected chi connectivity index (χ2v) is 11.6. The molecule has 4 aromatic rings. The summed E-state index contributed by atoms with van der Waals surface area (Å²) in [5.74, 6) is 1.27. The van der Waals surface area contributed by atoms with Crippen molar-refractivity contribution in [3.05, 3.63) is 88.9 Å². The first-order chi connectivity index (χ1) is 17.4. The van der Waals surface area contributed by atoms with Crippen LogP contribution in [0.3, 0.4) is 0 Å². The summed E-state index contributed by atoms with van der Waals surface area (Å²) >= 11 is 1.44. The summed E-state index contributed by atoms with van der Waals surface area (Å²) < 4.78 is 36.2. The van der Waals surface area contributed by atoms with Gasteiger partial charge in [0.25, 0.3) is 0 Å². The average molecular weight is 522 g/mol. The van der Waals surface area contributed by atoms with Gasteiger partial charge in [-0.15, -0.1) is 11.3 Å². The number of rotatable bonds is 10. The lowest BCUT2D eigenvalue weighted by atomic mass is 10.0. The van der Waals surface area contributed by atoms with E-state index >= 15 is 0 Å². The molecule has 1 aromatic heterocycles. The number of amidine groups is 1. The predicted octanol–water partition coefficient (Wildman–Crippen LogP) is 3.44. The van der Waals surface area contributed by atoms with Gasteiger partial charge in [0.05, 0.1) is 27.8 Å². The first-order valence-corrected chi connectivity index (χ1v) is 13.9. The molecule has 1 aliphatic rings. The molecule has 36 heavy (non-hydrogen) atoms. The van der Waals surface area contributed by atoms with Crippen molar-refractivity contribution < 1.29 is 13.2 Å². The third-order valence-electron chi connectivity index (χ3n) is 6.05. The summed E-state index contributed by atoms with van der Waals surface area (Å²) in [5.41, 5.74) is 7.89. The number of nitrogens with two attached hydrogens (primary N) is 1. The normalized spacial score (nSPS) is 14.9. The second kappa shape index (κ2) is 10.4. The zero-order valence-corrected chi connectivity index (χ0v) is 21.1. The van der Waals surface area contributed by atoms with E-state index in [1.807, 2.05) is 30.3 Å². The molecule has 0 radical (unpaired) electrons. The van der Waals surface area contributed by atoms with Crippen molar-refractivity contribution in [3.8, 4) is 5.75 Å². The van der Waals surface area contributed by atoms with Crippen molar-refractivity contribution in [2.45, 2.75) is 17.4 Å². The second-order valence-electron chi connectivity index (χ2n) is 8.82. The Balaban J connectivity index is 1.46. The number of hydrogen-bond donors (Lipinski definition) is 4. The van der Waals surface area contributed by atoms with Gasteiger partial charge in [0.2, 0.25) is 10.0 Å². The van der Waals surface area contributed by atoms with Crippen molar-refractivity contribution in [2.24, 2.45) is 11.7 Å². The lowest BCUT2D eigenvalue weighted by molar-refractivity contribution is 0.199. The number of ether oxygens (including phenoxy) is 1. The number of aromatic nitrogens is 1. The molecule has 10 heteroatoms. The molecule has 5 N–H and O–H groups in total. The Morgan fingerprint density at radius 2 is 1.94 bits per heavy atom. The van der Waals surface area contributed by atoms with Gasteiger partial charge in [0.1, 0.15) is 16.6 Å². The van der Waals surface area contributed by atoms with Crippen molar-refractivity contribution in [3.63, 3.8) is 0 Å². The molecule has 1 aliphatic heterocycles. The molecule has 0 bridgehead atoms. The molecule has 186 valence electrons. The Kier molecular flexibility index (Phi) is 7.01. The van der Waals surface area contributed by atoms with Gasteiger partial charge < -0.3 is 15.8 Å². The molecule has 2 heterocycles. The number of hydrogen-bond acceptors (Lipinski definition) is 7. The predicted molar refractivity (Wildman–Crippen MR) is 142 cm³/mol. The minimum atomic E-state index is -3.80. The SMILES string of the molecule is N=C(N)c1cccc(CC(NS(=O)(=O)c2ccccc2)c2nc3ccc(OCC4CNC4)cc3s2)c1. The van der Waals surface area contributed by atoms with E-state index in [0.717, 1.165) is 34.6 Å². The molecule has 1 saturated heterocycles. The molecular formula is C26H27N5O3S2. The fourth-order valence-electron chi connectivity index (χ4n) is 3.98. The minimum absolute atomic E-state index is 0.0385. The van der Waals surface area contributed by atoms with Crippen LogP contribution < -0.4 is 20.5 Å². The highest BCUT2D eigenvalue weighted by Crippen LogP contribution is 2.32. The third kappa shape index (κ3) is 5.57. The maximum Gasteiger partial charge on any atom is 0.241 e. The quantitative estimate of drug-likeness (QED) is 0.187. The number of nitrogens with one attached hydrogen (secondary N) is 3. The highest BCUT2D eigenvalue weighted by Gasteiger charge is 2.25. The molecule has 0 aliphatic carbocycles. The summed E-state index contributed by atoms with van der Waals surface area (Å²) in [4.78, 5) is 4.96. The maximum atomic E-state index is 13.2. The summed E-state index contributed by atoms with van der Waals surface area (Å²) in [5, 5.41) is 11.6. The summed E-state index contributed by atoms with van der Waals surface area (Å²) in [6.07, 6.45) is 0.352. The van der Waals surface area contributed by atoms with Crippen LogP contribution in [0.5, 0.6) is 5.75 Å². The van der Waals surface area contributed by atoms with E-state index in [1.54, 1.807) is 42.5 Å².